The molecule has 2 aromatic carbocycles. The Morgan fingerprint density at radius 3 is 2.89 bits per heavy atom. The van der Waals surface area contributed by atoms with Gasteiger partial charge in [-0.3, -0.25) is 10.1 Å². The molecule has 0 radical (unpaired) electrons. The van der Waals surface area contributed by atoms with Crippen LogP contribution in [0.2, 0.25) is 0 Å². The molecule has 1 aliphatic rings. The minimum atomic E-state index is -1.04. The van der Waals surface area contributed by atoms with Crippen molar-refractivity contribution in [2.75, 3.05) is 5.32 Å². The maximum Gasteiger partial charge on any atom is 0.339 e. The molecule has 28 heavy (non-hydrogen) atoms. The van der Waals surface area contributed by atoms with Crippen LogP contribution in [0.25, 0.3) is 0 Å². The molecule has 142 valence electrons. The molecule has 1 N–H and O–H groups in total. The number of nitrogens with zero attached hydrogens (tertiary/aromatic N) is 2. The van der Waals surface area contributed by atoms with Gasteiger partial charge in [0, 0.05) is 12.2 Å². The van der Waals surface area contributed by atoms with Crippen molar-refractivity contribution in [2.24, 2.45) is 0 Å². The summed E-state index contributed by atoms with van der Waals surface area (Å²) in [4.78, 5) is 24.5. The summed E-state index contributed by atoms with van der Waals surface area (Å²) < 4.78 is 19.3. The lowest BCUT2D eigenvalue weighted by molar-refractivity contribution is -0.125. The largest absolute Gasteiger partial charge is 0.448 e. The fraction of sp³-hybridized carbons (Fsp3) is 0.158. The van der Waals surface area contributed by atoms with E-state index in [2.05, 4.69) is 15.5 Å². The molecule has 0 bridgehead atoms. The molecule has 0 spiro atoms. The highest BCUT2D eigenvalue weighted by atomic mass is 32.2. The molecule has 1 aliphatic heterocycles. The number of benzene rings is 2. The Hall–Kier alpha value is -2.78. The second-order valence-electron chi connectivity index (χ2n) is 6.04. The smallest absolute Gasteiger partial charge is 0.339 e. The Kier molecular flexibility index (Phi) is 5.36. The molecule has 0 aliphatic carbocycles. The van der Waals surface area contributed by atoms with Gasteiger partial charge in [-0.25, -0.2) is 9.18 Å². The van der Waals surface area contributed by atoms with Gasteiger partial charge in [-0.2, -0.15) is 0 Å². The van der Waals surface area contributed by atoms with E-state index < -0.39 is 23.8 Å². The molecule has 6 nitrogen and oxygen atoms in total. The predicted octanol–water partition coefficient (Wildman–Crippen LogP) is 3.69. The van der Waals surface area contributed by atoms with Crippen molar-refractivity contribution in [3.63, 3.8) is 0 Å². The van der Waals surface area contributed by atoms with Gasteiger partial charge in [-0.1, -0.05) is 53.4 Å². The standard InChI is InChI=1S/C19H14FN3O3S2/c20-13-6-7-14-12(8-13)9-15(26-17(14)25)16(24)21-18-22-23-19(28-18)27-10-11-4-2-1-3-5-11/h1-8,15H,9-10H2,(H,21,22,24). The van der Waals surface area contributed by atoms with Crippen LogP contribution in [0.1, 0.15) is 21.5 Å². The summed E-state index contributed by atoms with van der Waals surface area (Å²) in [5, 5.41) is 10.9. The fourth-order valence-electron chi connectivity index (χ4n) is 2.73. The van der Waals surface area contributed by atoms with Crippen molar-refractivity contribution >= 4 is 40.1 Å². The van der Waals surface area contributed by atoms with Crippen LogP contribution >= 0.6 is 23.1 Å². The Morgan fingerprint density at radius 1 is 1.25 bits per heavy atom. The number of nitrogens with one attached hydrogen (secondary N) is 1. The predicted molar refractivity (Wildman–Crippen MR) is 104 cm³/mol. The highest BCUT2D eigenvalue weighted by Crippen LogP contribution is 2.29. The molecule has 4 rings (SSSR count). The number of ether oxygens (including phenoxy) is 1. The van der Waals surface area contributed by atoms with Crippen LogP contribution in [0.5, 0.6) is 0 Å². The number of amides is 1. The summed E-state index contributed by atoms with van der Waals surface area (Å²) >= 11 is 2.76. The molecule has 1 amide bonds. The quantitative estimate of drug-likeness (QED) is 0.389. The third kappa shape index (κ3) is 4.20. The first kappa shape index (κ1) is 18.6. The summed E-state index contributed by atoms with van der Waals surface area (Å²) in [6, 6.07) is 13.7. The molecular formula is C19H14FN3O3S2. The SMILES string of the molecule is O=C1OC(C(=O)Nc2nnc(SCc3ccccc3)s2)Cc2cc(F)ccc21. The van der Waals surface area contributed by atoms with Gasteiger partial charge < -0.3 is 4.74 Å². The first-order chi connectivity index (χ1) is 13.6. The van der Waals surface area contributed by atoms with E-state index in [1.807, 2.05) is 30.3 Å². The van der Waals surface area contributed by atoms with Crippen molar-refractivity contribution < 1.29 is 18.7 Å². The highest BCUT2D eigenvalue weighted by molar-refractivity contribution is 8.00. The topological polar surface area (TPSA) is 81.2 Å². The van der Waals surface area contributed by atoms with E-state index in [0.717, 1.165) is 11.3 Å². The second-order valence-corrected chi connectivity index (χ2v) is 8.24. The van der Waals surface area contributed by atoms with Crippen molar-refractivity contribution in [3.05, 3.63) is 71.0 Å². The molecular weight excluding hydrogens is 401 g/mol. The molecule has 9 heteroatoms. The number of aromatic nitrogens is 2. The molecule has 0 fully saturated rings. The summed E-state index contributed by atoms with van der Waals surface area (Å²) in [6.45, 7) is 0. The number of carbonyl (C=O) groups is 2. The molecule has 1 unspecified atom stereocenters. The fourth-order valence-corrected chi connectivity index (χ4v) is 4.45. The van der Waals surface area contributed by atoms with Crippen LogP contribution in [0.3, 0.4) is 0 Å². The number of hydrogen-bond acceptors (Lipinski definition) is 7. The van der Waals surface area contributed by atoms with Crippen LogP contribution < -0.4 is 5.32 Å². The first-order valence-electron chi connectivity index (χ1n) is 8.39. The number of fused-ring (bicyclic) bond motifs is 1. The molecule has 0 saturated heterocycles. The number of thioether (sulfide) groups is 1. The lowest BCUT2D eigenvalue weighted by Gasteiger charge is -2.23. The van der Waals surface area contributed by atoms with E-state index >= 15 is 0 Å². The summed E-state index contributed by atoms with van der Waals surface area (Å²) in [7, 11) is 0. The normalized spacial score (nSPS) is 15.6. The van der Waals surface area contributed by atoms with Crippen LogP contribution in [0.15, 0.2) is 52.9 Å². The summed E-state index contributed by atoms with van der Waals surface area (Å²) in [6.07, 6.45) is -0.926. The van der Waals surface area contributed by atoms with E-state index in [1.165, 1.54) is 41.3 Å². The molecule has 1 atom stereocenters. The van der Waals surface area contributed by atoms with Gasteiger partial charge >= 0.3 is 5.97 Å². The zero-order valence-corrected chi connectivity index (χ0v) is 16.1. The minimum Gasteiger partial charge on any atom is -0.448 e. The molecule has 2 heterocycles. The number of anilines is 1. The Bertz CT molecular complexity index is 1030. The Balaban J connectivity index is 1.38. The number of cyclic esters (lactones) is 1. The lowest BCUT2D eigenvalue weighted by Crippen LogP contribution is -2.38. The third-order valence-electron chi connectivity index (χ3n) is 4.08. The Morgan fingerprint density at radius 2 is 2.07 bits per heavy atom. The van der Waals surface area contributed by atoms with Gasteiger partial charge in [0.15, 0.2) is 10.4 Å². The number of rotatable bonds is 5. The summed E-state index contributed by atoms with van der Waals surface area (Å²) in [5.74, 6) is -0.875. The van der Waals surface area contributed by atoms with Crippen molar-refractivity contribution in [2.45, 2.75) is 22.6 Å². The zero-order valence-electron chi connectivity index (χ0n) is 14.4. The van der Waals surface area contributed by atoms with Crippen molar-refractivity contribution in [1.82, 2.24) is 10.2 Å². The van der Waals surface area contributed by atoms with E-state index in [9.17, 15) is 14.0 Å². The van der Waals surface area contributed by atoms with Crippen molar-refractivity contribution in [3.8, 4) is 0 Å². The van der Waals surface area contributed by atoms with Crippen LogP contribution in [-0.2, 0) is 21.7 Å². The molecule has 1 aromatic heterocycles. The zero-order chi connectivity index (χ0) is 19.5. The monoisotopic (exact) mass is 415 g/mol. The number of esters is 1. The number of halogens is 1. The number of carbonyl (C=O) groups excluding carboxylic acids is 2. The average molecular weight is 415 g/mol. The van der Waals surface area contributed by atoms with E-state index in [1.54, 1.807) is 0 Å². The van der Waals surface area contributed by atoms with Gasteiger partial charge in [-0.15, -0.1) is 10.2 Å². The van der Waals surface area contributed by atoms with E-state index in [0.29, 0.717) is 15.0 Å². The average Bonchev–Trinajstić information content (AvgIpc) is 3.14. The first-order valence-corrected chi connectivity index (χ1v) is 10.2. The lowest BCUT2D eigenvalue weighted by atomic mass is 9.98. The van der Waals surface area contributed by atoms with Gasteiger partial charge in [0.25, 0.3) is 5.91 Å². The van der Waals surface area contributed by atoms with Crippen molar-refractivity contribution in [1.29, 1.82) is 0 Å². The van der Waals surface area contributed by atoms with Crippen LogP contribution in [-0.4, -0.2) is 28.2 Å². The highest BCUT2D eigenvalue weighted by Gasteiger charge is 2.32. The van der Waals surface area contributed by atoms with Gasteiger partial charge in [-0.05, 0) is 29.3 Å². The van der Waals surface area contributed by atoms with Crippen LogP contribution in [0, 0.1) is 5.82 Å². The third-order valence-corrected chi connectivity index (χ3v) is 6.12. The molecule has 0 saturated carbocycles. The van der Waals surface area contributed by atoms with Gasteiger partial charge in [0.2, 0.25) is 5.13 Å². The van der Waals surface area contributed by atoms with Crippen LogP contribution in [0.4, 0.5) is 9.52 Å². The molecule has 3 aromatic rings. The van der Waals surface area contributed by atoms with E-state index in [-0.39, 0.29) is 12.0 Å². The van der Waals surface area contributed by atoms with E-state index in [4.69, 9.17) is 4.74 Å². The maximum atomic E-state index is 13.4. The maximum absolute atomic E-state index is 13.4. The van der Waals surface area contributed by atoms with Gasteiger partial charge in [0.1, 0.15) is 5.82 Å². The number of hydrogen-bond donors (Lipinski definition) is 1. The summed E-state index contributed by atoms with van der Waals surface area (Å²) in [5.41, 5.74) is 1.89. The minimum absolute atomic E-state index is 0.110. The Labute approximate surface area is 168 Å². The second kappa shape index (κ2) is 8.07. The van der Waals surface area contributed by atoms with Gasteiger partial charge in [0.05, 0.1) is 5.56 Å².